The molecule has 9 aromatic carbocycles. The highest BCUT2D eigenvalue weighted by molar-refractivity contribution is 5.96. The van der Waals surface area contributed by atoms with Gasteiger partial charge in [-0.25, -0.2) is 0 Å². The predicted octanol–water partition coefficient (Wildman–Crippen LogP) is 17.2. The van der Waals surface area contributed by atoms with Crippen molar-refractivity contribution in [3.05, 3.63) is 240 Å². The van der Waals surface area contributed by atoms with E-state index in [9.17, 15) is 0 Å². The Bertz CT molecular complexity index is 3200. The topological polar surface area (TPSA) is 3.24 Å². The van der Waals surface area contributed by atoms with E-state index in [1.807, 2.05) is 0 Å². The molecule has 2 aliphatic rings. The molecule has 0 aromatic heterocycles. The molecule has 0 unspecified atom stereocenters. The predicted molar refractivity (Wildman–Crippen MR) is 268 cm³/mol. The minimum atomic E-state index is -0.177. The Hall–Kier alpha value is -7.48. The molecule has 2 aliphatic carbocycles. The maximum absolute atomic E-state index is 2.44. The Morgan fingerprint density at radius 2 is 0.841 bits per heavy atom. The van der Waals surface area contributed by atoms with E-state index >= 15 is 0 Å². The number of aryl methyl sites for hydroxylation is 2. The molecule has 63 heavy (non-hydrogen) atoms. The number of fused-ring (bicyclic) bond motifs is 3. The standard InChI is InChI=1S/C62H49N/c1-41-20-22-44(23-21-41)48-15-10-16-49(38-48)45-26-31-51(32-27-45)63(53-35-37-57-56-36-30-50(43-13-6-5-7-14-43)39-59(56)62(3,4)60(57)40-53)52-33-28-46(29-34-52)55-18-11-19-58(61(55)47-24-25-47)54-17-9-8-12-42(54)2/h5-24,26-40H,25H2,1-4H3. The van der Waals surface area contributed by atoms with E-state index in [1.54, 1.807) is 0 Å². The lowest BCUT2D eigenvalue weighted by molar-refractivity contribution is 0.660. The van der Waals surface area contributed by atoms with Gasteiger partial charge in [-0.05, 0) is 163 Å². The molecule has 0 N–H and O–H groups in total. The van der Waals surface area contributed by atoms with E-state index in [4.69, 9.17) is 0 Å². The van der Waals surface area contributed by atoms with Crippen LogP contribution in [0, 0.1) is 13.8 Å². The third-order valence-electron chi connectivity index (χ3n) is 13.4. The van der Waals surface area contributed by atoms with Crippen molar-refractivity contribution in [3.8, 4) is 66.8 Å². The summed E-state index contributed by atoms with van der Waals surface area (Å²) in [4.78, 5) is 2.43. The van der Waals surface area contributed by atoms with Gasteiger partial charge in [-0.3, -0.25) is 0 Å². The number of hydrogen-bond donors (Lipinski definition) is 0. The minimum absolute atomic E-state index is 0.177. The van der Waals surface area contributed by atoms with Crippen LogP contribution < -0.4 is 4.90 Å². The van der Waals surface area contributed by atoms with E-state index in [2.05, 4.69) is 245 Å². The van der Waals surface area contributed by atoms with E-state index in [0.29, 0.717) is 0 Å². The van der Waals surface area contributed by atoms with Gasteiger partial charge < -0.3 is 4.90 Å². The molecule has 0 fully saturated rings. The summed E-state index contributed by atoms with van der Waals surface area (Å²) in [5, 5.41) is 0. The molecule has 0 atom stereocenters. The number of hydrogen-bond acceptors (Lipinski definition) is 1. The van der Waals surface area contributed by atoms with Crippen molar-refractivity contribution in [1.82, 2.24) is 0 Å². The van der Waals surface area contributed by atoms with Crippen molar-refractivity contribution in [1.29, 1.82) is 0 Å². The highest BCUT2D eigenvalue weighted by Crippen LogP contribution is 2.52. The summed E-state index contributed by atoms with van der Waals surface area (Å²) in [7, 11) is 0. The van der Waals surface area contributed by atoms with Crippen LogP contribution in [0.5, 0.6) is 0 Å². The highest BCUT2D eigenvalue weighted by atomic mass is 15.1. The Balaban J connectivity index is 0.997. The van der Waals surface area contributed by atoms with Crippen LogP contribution in [0.1, 0.15) is 48.1 Å². The molecule has 1 heteroatoms. The monoisotopic (exact) mass is 807 g/mol. The maximum Gasteiger partial charge on any atom is 0.0465 e. The summed E-state index contributed by atoms with van der Waals surface area (Å²) < 4.78 is 0. The zero-order valence-electron chi connectivity index (χ0n) is 36.4. The SMILES string of the molecule is Cc1ccc(-c2cccc(-c3ccc(N(c4ccc(-c5cccc(-c6ccccc6C)c5C5=CC5)cc4)c4ccc5c(c4)C(C)(C)c4cc(-c6ccccc6)ccc4-5)cc3)c2)cc1. The first-order valence-corrected chi connectivity index (χ1v) is 22.2. The van der Waals surface area contributed by atoms with Gasteiger partial charge in [0.05, 0.1) is 0 Å². The van der Waals surface area contributed by atoms with Crippen LogP contribution in [-0.2, 0) is 5.41 Å². The molecule has 11 rings (SSSR count). The summed E-state index contributed by atoms with van der Waals surface area (Å²) in [5.74, 6) is 0. The lowest BCUT2D eigenvalue weighted by atomic mass is 9.81. The van der Waals surface area contributed by atoms with E-state index in [-0.39, 0.29) is 5.41 Å². The molecule has 0 spiro atoms. The first-order valence-electron chi connectivity index (χ1n) is 22.2. The van der Waals surface area contributed by atoms with Crippen LogP contribution in [-0.4, -0.2) is 0 Å². The largest absolute Gasteiger partial charge is 0.310 e. The average Bonchev–Trinajstić information content (AvgIpc) is 4.15. The smallest absolute Gasteiger partial charge is 0.0465 e. The van der Waals surface area contributed by atoms with Crippen LogP contribution in [0.4, 0.5) is 17.1 Å². The zero-order valence-corrected chi connectivity index (χ0v) is 36.4. The first-order chi connectivity index (χ1) is 30.8. The first kappa shape index (κ1) is 38.4. The van der Waals surface area contributed by atoms with Gasteiger partial charge in [0.25, 0.3) is 0 Å². The molecule has 0 saturated carbocycles. The average molecular weight is 808 g/mol. The van der Waals surface area contributed by atoms with Gasteiger partial charge in [0, 0.05) is 22.5 Å². The van der Waals surface area contributed by atoms with Crippen molar-refractivity contribution in [2.24, 2.45) is 0 Å². The van der Waals surface area contributed by atoms with Gasteiger partial charge in [-0.1, -0.05) is 183 Å². The maximum atomic E-state index is 2.44. The zero-order chi connectivity index (χ0) is 42.7. The fourth-order valence-electron chi connectivity index (χ4n) is 9.83. The minimum Gasteiger partial charge on any atom is -0.310 e. The van der Waals surface area contributed by atoms with Crippen molar-refractivity contribution >= 4 is 22.6 Å². The molecule has 0 amide bonds. The molecule has 0 aliphatic heterocycles. The molecule has 302 valence electrons. The molecular formula is C62H49N. The summed E-state index contributed by atoms with van der Waals surface area (Å²) in [6.45, 7) is 9.12. The number of nitrogens with zero attached hydrogens (tertiary/aromatic N) is 1. The Morgan fingerprint density at radius 1 is 0.365 bits per heavy atom. The second-order valence-corrected chi connectivity index (χ2v) is 17.8. The van der Waals surface area contributed by atoms with Crippen LogP contribution in [0.25, 0.3) is 72.3 Å². The normalized spacial score (nSPS) is 13.2. The number of rotatable bonds is 9. The Kier molecular flexibility index (Phi) is 9.43. The van der Waals surface area contributed by atoms with Crippen LogP contribution in [0.3, 0.4) is 0 Å². The summed E-state index contributed by atoms with van der Waals surface area (Å²) in [6, 6.07) is 76.4. The van der Waals surface area contributed by atoms with Gasteiger partial charge in [0.15, 0.2) is 0 Å². The van der Waals surface area contributed by atoms with Gasteiger partial charge in [0.2, 0.25) is 0 Å². The molecular weight excluding hydrogens is 759 g/mol. The van der Waals surface area contributed by atoms with Crippen LogP contribution >= 0.6 is 0 Å². The third-order valence-corrected chi connectivity index (χ3v) is 13.4. The third kappa shape index (κ3) is 7.01. The van der Waals surface area contributed by atoms with Gasteiger partial charge in [-0.2, -0.15) is 0 Å². The molecule has 0 bridgehead atoms. The van der Waals surface area contributed by atoms with E-state index < -0.39 is 0 Å². The molecule has 0 saturated heterocycles. The highest BCUT2D eigenvalue weighted by Gasteiger charge is 2.36. The summed E-state index contributed by atoms with van der Waals surface area (Å²) in [5.41, 5.74) is 26.4. The number of anilines is 3. The second-order valence-electron chi connectivity index (χ2n) is 17.8. The van der Waals surface area contributed by atoms with E-state index in [1.165, 1.54) is 100 Å². The molecule has 9 aromatic rings. The van der Waals surface area contributed by atoms with Crippen molar-refractivity contribution in [2.75, 3.05) is 4.90 Å². The van der Waals surface area contributed by atoms with Crippen molar-refractivity contribution in [2.45, 2.75) is 39.5 Å². The van der Waals surface area contributed by atoms with Crippen LogP contribution in [0.15, 0.2) is 212 Å². The van der Waals surface area contributed by atoms with E-state index in [0.717, 1.165) is 23.5 Å². The lowest BCUT2D eigenvalue weighted by Gasteiger charge is -2.28. The summed E-state index contributed by atoms with van der Waals surface area (Å²) in [6.07, 6.45) is 3.40. The molecule has 0 heterocycles. The molecule has 1 nitrogen and oxygen atoms in total. The fraction of sp³-hybridized carbons (Fsp3) is 0.0968. The fourth-order valence-corrected chi connectivity index (χ4v) is 9.83. The lowest BCUT2D eigenvalue weighted by Crippen LogP contribution is -2.16. The Labute approximate surface area is 372 Å². The van der Waals surface area contributed by atoms with Gasteiger partial charge in [-0.15, -0.1) is 0 Å². The summed E-state index contributed by atoms with van der Waals surface area (Å²) >= 11 is 0. The van der Waals surface area contributed by atoms with Crippen LogP contribution in [0.2, 0.25) is 0 Å². The quantitative estimate of drug-likeness (QED) is 0.140. The van der Waals surface area contributed by atoms with Gasteiger partial charge in [0.1, 0.15) is 0 Å². The van der Waals surface area contributed by atoms with Gasteiger partial charge >= 0.3 is 0 Å². The molecule has 0 radical (unpaired) electrons. The van der Waals surface area contributed by atoms with Crippen molar-refractivity contribution < 1.29 is 0 Å². The number of allylic oxidation sites excluding steroid dienone is 2. The Morgan fingerprint density at radius 3 is 1.51 bits per heavy atom. The second kappa shape index (κ2) is 15.5. The van der Waals surface area contributed by atoms with Crippen molar-refractivity contribution in [3.63, 3.8) is 0 Å². The number of benzene rings is 9.